The number of nitrogens with zero attached hydrogens (tertiary/aromatic N) is 1. The number of aliphatic hydroxyl groups excluding tert-OH is 1. The van der Waals surface area contributed by atoms with Crippen LogP contribution in [0.3, 0.4) is 0 Å². The van der Waals surface area contributed by atoms with Crippen molar-refractivity contribution < 1.29 is 28.6 Å². The van der Waals surface area contributed by atoms with E-state index in [2.05, 4.69) is 0 Å². The molecule has 0 radical (unpaired) electrons. The van der Waals surface area contributed by atoms with E-state index in [1.54, 1.807) is 42.5 Å². The van der Waals surface area contributed by atoms with Crippen LogP contribution < -0.4 is 9.47 Å². The monoisotopic (exact) mass is 467 g/mol. The van der Waals surface area contributed by atoms with Crippen molar-refractivity contribution in [2.75, 3.05) is 20.8 Å². The molecule has 1 saturated heterocycles. The molecule has 1 aromatic heterocycles. The molecule has 0 saturated carbocycles. The molecule has 2 aromatic carbocycles. The number of benzene rings is 2. The molecular formula is C25H22ClNO6. The molecule has 4 rings (SSSR count). The lowest BCUT2D eigenvalue weighted by Gasteiger charge is -2.23. The summed E-state index contributed by atoms with van der Waals surface area (Å²) >= 11 is 5.95. The molecule has 0 bridgehead atoms. The summed E-state index contributed by atoms with van der Waals surface area (Å²) in [5, 5.41) is 11.7. The number of aliphatic hydroxyl groups is 1. The maximum atomic E-state index is 13.0. The highest BCUT2D eigenvalue weighted by Gasteiger charge is 2.47. The number of halogens is 1. The number of ketones is 1. The van der Waals surface area contributed by atoms with Crippen LogP contribution in [-0.4, -0.2) is 42.5 Å². The smallest absolute Gasteiger partial charge is 0.295 e. The van der Waals surface area contributed by atoms with Crippen molar-refractivity contribution >= 4 is 29.1 Å². The maximum Gasteiger partial charge on any atom is 0.295 e. The summed E-state index contributed by atoms with van der Waals surface area (Å²) in [6.07, 6.45) is 1.96. The Bertz CT molecular complexity index is 1200. The summed E-state index contributed by atoms with van der Waals surface area (Å²) < 4.78 is 16.1. The van der Waals surface area contributed by atoms with Gasteiger partial charge in [0.1, 0.15) is 17.6 Å². The Morgan fingerprint density at radius 2 is 1.79 bits per heavy atom. The number of methoxy groups -OCH3 is 2. The lowest BCUT2D eigenvalue weighted by molar-refractivity contribution is -0.140. The summed E-state index contributed by atoms with van der Waals surface area (Å²) in [7, 11) is 2.97. The van der Waals surface area contributed by atoms with Crippen LogP contribution in [-0.2, 0) is 16.0 Å². The van der Waals surface area contributed by atoms with Crippen LogP contribution in [0.1, 0.15) is 22.9 Å². The summed E-state index contributed by atoms with van der Waals surface area (Å²) in [5.74, 6) is -0.558. The number of likely N-dealkylation sites (tertiary alicyclic amines) is 1. The van der Waals surface area contributed by atoms with Gasteiger partial charge in [-0.05, 0) is 54.4 Å². The minimum atomic E-state index is -0.861. The number of amides is 1. The number of ether oxygens (including phenoxy) is 2. The van der Waals surface area contributed by atoms with Gasteiger partial charge in [-0.15, -0.1) is 0 Å². The molecule has 1 aliphatic heterocycles. The number of carbonyl (C=O) groups excluding carboxylic acids is 2. The normalized spacial score (nSPS) is 17.4. The molecule has 0 spiro atoms. The van der Waals surface area contributed by atoms with Gasteiger partial charge in [0.25, 0.3) is 11.7 Å². The van der Waals surface area contributed by atoms with E-state index in [-0.39, 0.29) is 17.9 Å². The van der Waals surface area contributed by atoms with Gasteiger partial charge in [-0.2, -0.15) is 0 Å². The molecule has 2 heterocycles. The van der Waals surface area contributed by atoms with Crippen molar-refractivity contribution in [3.05, 3.63) is 88.3 Å². The summed E-state index contributed by atoms with van der Waals surface area (Å²) in [6, 6.07) is 14.5. The standard InChI is InChI=1S/C25H22ClNO6/c1-31-18-10-7-16(14-20(18)32-2)23(28)21-22(19-4-3-13-33-19)27(25(30)24(21)29)12-11-15-5-8-17(26)9-6-15/h3-10,13-14,22,28H,11-12H2,1-2H3/b23-21-. The Morgan fingerprint density at radius 3 is 2.42 bits per heavy atom. The van der Waals surface area contributed by atoms with E-state index in [0.29, 0.717) is 34.3 Å². The second-order valence-electron chi connectivity index (χ2n) is 7.45. The molecule has 0 aliphatic carbocycles. The Labute approximate surface area is 195 Å². The first-order chi connectivity index (χ1) is 15.9. The molecule has 8 heteroatoms. The quantitative estimate of drug-likeness (QED) is 0.310. The largest absolute Gasteiger partial charge is 0.507 e. The zero-order valence-electron chi connectivity index (χ0n) is 18.1. The molecular weight excluding hydrogens is 446 g/mol. The van der Waals surface area contributed by atoms with E-state index in [1.165, 1.54) is 25.4 Å². The third-order valence-corrected chi connectivity index (χ3v) is 5.82. The average Bonchev–Trinajstić information content (AvgIpc) is 3.45. The fourth-order valence-electron chi connectivity index (χ4n) is 3.89. The van der Waals surface area contributed by atoms with Gasteiger partial charge in [-0.1, -0.05) is 23.7 Å². The molecule has 3 aromatic rings. The average molecular weight is 468 g/mol. The lowest BCUT2D eigenvalue weighted by Crippen LogP contribution is -2.31. The molecule has 7 nitrogen and oxygen atoms in total. The summed E-state index contributed by atoms with van der Waals surface area (Å²) in [5.41, 5.74) is 1.23. The Hall–Kier alpha value is -3.71. The van der Waals surface area contributed by atoms with Crippen LogP contribution in [0.2, 0.25) is 5.02 Å². The van der Waals surface area contributed by atoms with Crippen molar-refractivity contribution in [2.45, 2.75) is 12.5 Å². The second-order valence-corrected chi connectivity index (χ2v) is 7.89. The number of Topliss-reactive ketones (excluding diaryl/α,β-unsaturated/α-hetero) is 1. The first kappa shape index (κ1) is 22.5. The highest BCUT2D eigenvalue weighted by atomic mass is 35.5. The van der Waals surface area contributed by atoms with E-state index >= 15 is 0 Å². The van der Waals surface area contributed by atoms with Crippen molar-refractivity contribution in [1.29, 1.82) is 0 Å². The van der Waals surface area contributed by atoms with Gasteiger partial charge in [0.05, 0.1) is 26.1 Å². The van der Waals surface area contributed by atoms with Crippen molar-refractivity contribution in [2.24, 2.45) is 0 Å². The topological polar surface area (TPSA) is 89.2 Å². The van der Waals surface area contributed by atoms with Crippen molar-refractivity contribution in [3.8, 4) is 11.5 Å². The van der Waals surface area contributed by atoms with E-state index in [4.69, 9.17) is 25.5 Å². The number of furan rings is 1. The summed E-state index contributed by atoms with van der Waals surface area (Å²) in [6.45, 7) is 0.250. The fraction of sp³-hybridized carbons (Fsp3) is 0.200. The van der Waals surface area contributed by atoms with Gasteiger partial charge in [-0.3, -0.25) is 9.59 Å². The summed E-state index contributed by atoms with van der Waals surface area (Å²) in [4.78, 5) is 27.4. The second kappa shape index (κ2) is 9.42. The van der Waals surface area contributed by atoms with Crippen LogP contribution in [0.5, 0.6) is 11.5 Å². The van der Waals surface area contributed by atoms with Crippen LogP contribution >= 0.6 is 11.6 Å². The van der Waals surface area contributed by atoms with Gasteiger partial charge < -0.3 is 23.9 Å². The van der Waals surface area contributed by atoms with Gasteiger partial charge in [0.2, 0.25) is 0 Å². The van der Waals surface area contributed by atoms with E-state index < -0.39 is 17.7 Å². The fourth-order valence-corrected chi connectivity index (χ4v) is 4.02. The Balaban J connectivity index is 1.74. The lowest BCUT2D eigenvalue weighted by atomic mass is 9.99. The molecule has 1 N–H and O–H groups in total. The minimum absolute atomic E-state index is 0.0433. The Kier molecular flexibility index (Phi) is 6.42. The van der Waals surface area contributed by atoms with Gasteiger partial charge >= 0.3 is 0 Å². The molecule has 1 atom stereocenters. The van der Waals surface area contributed by atoms with Crippen LogP contribution in [0.4, 0.5) is 0 Å². The predicted octanol–water partition coefficient (Wildman–Crippen LogP) is 4.61. The van der Waals surface area contributed by atoms with E-state index in [0.717, 1.165) is 5.56 Å². The van der Waals surface area contributed by atoms with Gasteiger partial charge in [0.15, 0.2) is 11.5 Å². The first-order valence-electron chi connectivity index (χ1n) is 10.2. The third-order valence-electron chi connectivity index (χ3n) is 5.56. The highest BCUT2D eigenvalue weighted by molar-refractivity contribution is 6.46. The molecule has 170 valence electrons. The number of carbonyl (C=O) groups is 2. The first-order valence-corrected chi connectivity index (χ1v) is 10.6. The van der Waals surface area contributed by atoms with Crippen molar-refractivity contribution in [3.63, 3.8) is 0 Å². The number of rotatable bonds is 7. The van der Waals surface area contributed by atoms with E-state index in [1.807, 2.05) is 12.1 Å². The molecule has 1 aliphatic rings. The minimum Gasteiger partial charge on any atom is -0.507 e. The molecule has 1 amide bonds. The SMILES string of the molecule is COc1ccc(/C(O)=C2/C(=O)C(=O)N(CCc3ccc(Cl)cc3)C2c2ccco2)cc1OC. The Morgan fingerprint density at radius 1 is 1.06 bits per heavy atom. The molecule has 1 unspecified atom stereocenters. The third kappa shape index (κ3) is 4.32. The molecule has 33 heavy (non-hydrogen) atoms. The van der Waals surface area contributed by atoms with E-state index in [9.17, 15) is 14.7 Å². The predicted molar refractivity (Wildman–Crippen MR) is 122 cm³/mol. The zero-order valence-corrected chi connectivity index (χ0v) is 18.8. The van der Waals surface area contributed by atoms with Crippen molar-refractivity contribution in [1.82, 2.24) is 4.90 Å². The van der Waals surface area contributed by atoms with Gasteiger partial charge in [-0.25, -0.2) is 0 Å². The van der Waals surface area contributed by atoms with Crippen LogP contribution in [0, 0.1) is 0 Å². The molecule has 1 fully saturated rings. The number of hydrogen-bond donors (Lipinski definition) is 1. The highest BCUT2D eigenvalue weighted by Crippen LogP contribution is 2.40. The van der Waals surface area contributed by atoms with Crippen LogP contribution in [0.25, 0.3) is 5.76 Å². The van der Waals surface area contributed by atoms with Crippen LogP contribution in [0.15, 0.2) is 70.9 Å². The zero-order chi connectivity index (χ0) is 23.5. The maximum absolute atomic E-state index is 13.0. The van der Waals surface area contributed by atoms with Gasteiger partial charge in [0, 0.05) is 17.1 Å². The number of hydrogen-bond acceptors (Lipinski definition) is 6.